The van der Waals surface area contributed by atoms with Crippen molar-refractivity contribution in [2.24, 2.45) is 0 Å². The zero-order valence-electron chi connectivity index (χ0n) is 18.4. The van der Waals surface area contributed by atoms with Crippen LogP contribution in [0.1, 0.15) is 16.7 Å². The third-order valence-corrected chi connectivity index (χ3v) is 6.17. The molecule has 3 aromatic rings. The maximum absolute atomic E-state index is 13.7. The van der Waals surface area contributed by atoms with Crippen LogP contribution in [-0.4, -0.2) is 35.3 Å². The van der Waals surface area contributed by atoms with E-state index in [0.29, 0.717) is 23.6 Å². The van der Waals surface area contributed by atoms with Gasteiger partial charge in [-0.15, -0.1) is 0 Å². The van der Waals surface area contributed by atoms with Gasteiger partial charge in [-0.3, -0.25) is 24.6 Å². The maximum Gasteiger partial charge on any atom is 0.278 e. The van der Waals surface area contributed by atoms with Gasteiger partial charge in [-0.1, -0.05) is 30.3 Å². The van der Waals surface area contributed by atoms with Gasteiger partial charge in [0, 0.05) is 24.4 Å². The Balaban J connectivity index is 1.57. The first kappa shape index (κ1) is 21.4. The van der Waals surface area contributed by atoms with Crippen LogP contribution in [0, 0.1) is 10.1 Å². The molecule has 0 saturated carbocycles. The second-order valence-corrected chi connectivity index (χ2v) is 8.10. The second kappa shape index (κ2) is 8.47. The number of imide groups is 1. The molecule has 0 radical (unpaired) electrons. The van der Waals surface area contributed by atoms with Gasteiger partial charge in [0.2, 0.25) is 0 Å². The largest absolute Gasteiger partial charge is 0.497 e. The summed E-state index contributed by atoms with van der Waals surface area (Å²) in [4.78, 5) is 41.0. The molecule has 8 heteroatoms. The van der Waals surface area contributed by atoms with E-state index in [0.717, 1.165) is 23.2 Å². The van der Waals surface area contributed by atoms with Crippen molar-refractivity contribution in [2.45, 2.75) is 13.0 Å². The van der Waals surface area contributed by atoms with Gasteiger partial charge in [0.15, 0.2) is 0 Å². The highest BCUT2D eigenvalue weighted by atomic mass is 16.6. The van der Waals surface area contributed by atoms with Crippen molar-refractivity contribution in [2.75, 3.05) is 18.6 Å². The van der Waals surface area contributed by atoms with Crippen molar-refractivity contribution in [1.29, 1.82) is 0 Å². The molecule has 170 valence electrons. The first-order valence-corrected chi connectivity index (χ1v) is 10.8. The molecule has 2 aliphatic rings. The lowest BCUT2D eigenvalue weighted by molar-refractivity contribution is -0.384. The Bertz CT molecular complexity index is 1330. The van der Waals surface area contributed by atoms with Gasteiger partial charge < -0.3 is 9.64 Å². The van der Waals surface area contributed by atoms with Crippen LogP contribution < -0.4 is 9.64 Å². The summed E-state index contributed by atoms with van der Waals surface area (Å²) < 4.78 is 5.19. The Morgan fingerprint density at radius 1 is 0.941 bits per heavy atom. The Labute approximate surface area is 195 Å². The summed E-state index contributed by atoms with van der Waals surface area (Å²) in [6.45, 7) is 0.678. The Hall–Kier alpha value is -4.46. The number of nitrogens with zero attached hydrogens (tertiary/aromatic N) is 3. The van der Waals surface area contributed by atoms with Crippen molar-refractivity contribution in [1.82, 2.24) is 4.90 Å². The van der Waals surface area contributed by atoms with E-state index in [-0.39, 0.29) is 23.7 Å². The highest BCUT2D eigenvalue weighted by Crippen LogP contribution is 2.39. The molecule has 0 N–H and O–H groups in total. The number of nitro benzene ring substituents is 1. The minimum absolute atomic E-state index is 0.0794. The van der Waals surface area contributed by atoms with Gasteiger partial charge in [0.1, 0.15) is 11.4 Å². The molecule has 0 fully saturated rings. The van der Waals surface area contributed by atoms with Gasteiger partial charge in [0.05, 0.1) is 24.2 Å². The van der Waals surface area contributed by atoms with Crippen LogP contribution in [0.4, 0.5) is 11.4 Å². The molecule has 0 spiro atoms. The Morgan fingerprint density at radius 2 is 1.65 bits per heavy atom. The molecule has 3 aromatic carbocycles. The van der Waals surface area contributed by atoms with Gasteiger partial charge >= 0.3 is 0 Å². The van der Waals surface area contributed by atoms with E-state index in [2.05, 4.69) is 0 Å². The minimum atomic E-state index is -0.493. The van der Waals surface area contributed by atoms with Crippen molar-refractivity contribution in [3.8, 4) is 5.75 Å². The molecule has 5 rings (SSSR count). The van der Waals surface area contributed by atoms with Crippen molar-refractivity contribution >= 4 is 28.8 Å². The summed E-state index contributed by atoms with van der Waals surface area (Å²) in [6, 6.07) is 20.7. The van der Waals surface area contributed by atoms with E-state index in [9.17, 15) is 19.7 Å². The topological polar surface area (TPSA) is 93.0 Å². The predicted octanol–water partition coefficient (Wildman–Crippen LogP) is 3.95. The molecule has 34 heavy (non-hydrogen) atoms. The van der Waals surface area contributed by atoms with E-state index in [1.165, 1.54) is 29.2 Å². The van der Waals surface area contributed by atoms with Gasteiger partial charge in [-0.2, -0.15) is 0 Å². The predicted molar refractivity (Wildman–Crippen MR) is 126 cm³/mol. The number of para-hydroxylation sites is 1. The van der Waals surface area contributed by atoms with Crippen LogP contribution in [0.3, 0.4) is 0 Å². The molecule has 0 aromatic heterocycles. The first-order valence-electron chi connectivity index (χ1n) is 10.8. The molecule has 0 bridgehead atoms. The monoisotopic (exact) mass is 455 g/mol. The van der Waals surface area contributed by atoms with Crippen molar-refractivity contribution in [3.05, 3.63) is 105 Å². The standard InChI is InChI=1S/C26H21N3O5/c1-34-21-12-6-17(7-13-21)16-28-25(30)23(19-8-10-20(11-9-19)29(32)33)24(26(28)31)27-15-14-18-4-2-3-5-22(18)27/h2-13H,14-16H2,1H3. The van der Waals surface area contributed by atoms with Crippen LogP contribution in [0.15, 0.2) is 78.5 Å². The fraction of sp³-hybridized carbons (Fsp3) is 0.154. The van der Waals surface area contributed by atoms with E-state index in [1.54, 1.807) is 19.2 Å². The smallest absolute Gasteiger partial charge is 0.278 e. The van der Waals surface area contributed by atoms with Gasteiger partial charge in [-0.25, -0.2) is 0 Å². The average molecular weight is 455 g/mol. The SMILES string of the molecule is COc1ccc(CN2C(=O)C(c3ccc([N+](=O)[O-])cc3)=C(N3CCc4ccccc43)C2=O)cc1. The number of rotatable bonds is 6. The molecular weight excluding hydrogens is 434 g/mol. The minimum Gasteiger partial charge on any atom is -0.497 e. The number of methoxy groups -OCH3 is 1. The molecule has 8 nitrogen and oxygen atoms in total. The number of carbonyl (C=O) groups excluding carboxylic acids is 2. The van der Waals surface area contributed by atoms with Crippen LogP contribution in [0.2, 0.25) is 0 Å². The summed E-state index contributed by atoms with van der Waals surface area (Å²) in [5.74, 6) is -0.123. The average Bonchev–Trinajstić information content (AvgIpc) is 3.38. The van der Waals surface area contributed by atoms with Crippen molar-refractivity contribution < 1.29 is 19.2 Å². The third-order valence-electron chi connectivity index (χ3n) is 6.17. The second-order valence-electron chi connectivity index (χ2n) is 8.10. The van der Waals surface area contributed by atoms with Gasteiger partial charge in [0.25, 0.3) is 17.5 Å². The van der Waals surface area contributed by atoms with E-state index in [1.807, 2.05) is 41.3 Å². The summed E-state index contributed by atoms with van der Waals surface area (Å²) in [5, 5.41) is 11.1. The summed E-state index contributed by atoms with van der Waals surface area (Å²) in [7, 11) is 1.57. The fourth-order valence-electron chi connectivity index (χ4n) is 4.45. The quantitative estimate of drug-likeness (QED) is 0.318. The number of nitro groups is 1. The zero-order chi connectivity index (χ0) is 23.8. The third kappa shape index (κ3) is 3.59. The fourth-order valence-corrected chi connectivity index (χ4v) is 4.45. The number of carbonyl (C=O) groups is 2. The number of hydrogen-bond acceptors (Lipinski definition) is 6. The van der Waals surface area contributed by atoms with Crippen LogP contribution in [0.25, 0.3) is 5.57 Å². The highest BCUT2D eigenvalue weighted by Gasteiger charge is 2.43. The Morgan fingerprint density at radius 3 is 2.32 bits per heavy atom. The number of ether oxygens (including phenoxy) is 1. The molecule has 2 heterocycles. The summed E-state index contributed by atoms with van der Waals surface area (Å²) in [6.07, 6.45) is 0.757. The normalized spacial score (nSPS) is 15.2. The van der Waals surface area contributed by atoms with Crippen LogP contribution in [0.5, 0.6) is 5.75 Å². The molecule has 0 aliphatic carbocycles. The van der Waals surface area contributed by atoms with Gasteiger partial charge in [-0.05, 0) is 53.4 Å². The molecule has 2 aliphatic heterocycles. The first-order chi connectivity index (χ1) is 16.5. The number of fused-ring (bicyclic) bond motifs is 1. The number of non-ortho nitro benzene ring substituents is 1. The number of benzene rings is 3. The lowest BCUT2D eigenvalue weighted by atomic mass is 10.0. The van der Waals surface area contributed by atoms with E-state index in [4.69, 9.17) is 4.74 Å². The van der Waals surface area contributed by atoms with E-state index < -0.39 is 10.8 Å². The maximum atomic E-state index is 13.7. The molecule has 0 saturated heterocycles. The summed E-state index contributed by atoms with van der Waals surface area (Å²) >= 11 is 0. The number of amides is 2. The Kier molecular flexibility index (Phi) is 5.33. The molecule has 0 atom stereocenters. The van der Waals surface area contributed by atoms with Crippen molar-refractivity contribution in [3.63, 3.8) is 0 Å². The lowest BCUT2D eigenvalue weighted by Crippen LogP contribution is -2.34. The van der Waals surface area contributed by atoms with Crippen LogP contribution >= 0.6 is 0 Å². The zero-order valence-corrected chi connectivity index (χ0v) is 18.4. The van der Waals surface area contributed by atoms with Crippen LogP contribution in [-0.2, 0) is 22.6 Å². The molecule has 2 amide bonds. The lowest BCUT2D eigenvalue weighted by Gasteiger charge is -2.22. The number of anilines is 1. The highest BCUT2D eigenvalue weighted by molar-refractivity contribution is 6.36. The number of hydrogen-bond donors (Lipinski definition) is 0. The van der Waals surface area contributed by atoms with E-state index >= 15 is 0 Å². The molecule has 0 unspecified atom stereocenters. The molecular formula is C26H21N3O5. The summed E-state index contributed by atoms with van der Waals surface area (Å²) in [5.41, 5.74) is 3.73.